The maximum absolute atomic E-state index is 5.92. The van der Waals surface area contributed by atoms with Gasteiger partial charge in [0.05, 0.1) is 26.4 Å². The van der Waals surface area contributed by atoms with Crippen molar-refractivity contribution >= 4 is 18.2 Å². The van der Waals surface area contributed by atoms with Crippen molar-refractivity contribution in [1.29, 1.82) is 0 Å². The molecule has 3 aromatic carbocycles. The first-order chi connectivity index (χ1) is 20.1. The minimum Gasteiger partial charge on any atom is -0.382 e. The Kier molecular flexibility index (Phi) is 11.9. The molecule has 218 valence electrons. The van der Waals surface area contributed by atoms with Gasteiger partial charge in [0.25, 0.3) is 0 Å². The third-order valence-electron chi connectivity index (χ3n) is 7.96. The van der Waals surface area contributed by atoms with Crippen LogP contribution >= 0.6 is 0 Å². The van der Waals surface area contributed by atoms with Crippen LogP contribution in [0.1, 0.15) is 66.0 Å². The molecule has 4 nitrogen and oxygen atoms in total. The predicted molar refractivity (Wildman–Crippen MR) is 171 cm³/mol. The van der Waals surface area contributed by atoms with Gasteiger partial charge in [-0.05, 0) is 78.5 Å². The monoisotopic (exact) mass is 554 g/mol. The summed E-state index contributed by atoms with van der Waals surface area (Å²) in [7, 11) is 3.43. The number of rotatable bonds is 17. The van der Waals surface area contributed by atoms with E-state index in [-0.39, 0.29) is 5.41 Å². The lowest BCUT2D eigenvalue weighted by atomic mass is 9.71. The van der Waals surface area contributed by atoms with Gasteiger partial charge in [0, 0.05) is 32.8 Å². The van der Waals surface area contributed by atoms with Crippen LogP contribution in [0.3, 0.4) is 0 Å². The number of ether oxygens (including phenoxy) is 4. The van der Waals surface area contributed by atoms with Crippen LogP contribution in [0.15, 0.2) is 66.7 Å². The third-order valence-corrected chi connectivity index (χ3v) is 7.96. The van der Waals surface area contributed by atoms with Crippen molar-refractivity contribution in [3.63, 3.8) is 0 Å². The van der Waals surface area contributed by atoms with E-state index in [1.807, 2.05) is 0 Å². The van der Waals surface area contributed by atoms with Gasteiger partial charge >= 0.3 is 0 Å². The zero-order valence-corrected chi connectivity index (χ0v) is 25.3. The molecule has 1 aliphatic rings. The highest BCUT2D eigenvalue weighted by Crippen LogP contribution is 2.54. The van der Waals surface area contributed by atoms with Crippen molar-refractivity contribution < 1.29 is 18.9 Å². The van der Waals surface area contributed by atoms with Gasteiger partial charge in [0.1, 0.15) is 0 Å². The smallest absolute Gasteiger partial charge is 0.0700 e. The molecule has 0 N–H and O–H groups in total. The number of benzene rings is 3. The number of fused-ring (bicyclic) bond motifs is 3. The van der Waals surface area contributed by atoms with Crippen molar-refractivity contribution in [2.45, 2.75) is 44.9 Å². The van der Waals surface area contributed by atoms with Crippen LogP contribution in [0.4, 0.5) is 0 Å². The highest BCUT2D eigenvalue weighted by Gasteiger charge is 2.42. The van der Waals surface area contributed by atoms with Crippen molar-refractivity contribution in [2.75, 3.05) is 53.9 Å². The van der Waals surface area contributed by atoms with Gasteiger partial charge in [-0.15, -0.1) is 0 Å². The first kappa shape index (κ1) is 30.9. The van der Waals surface area contributed by atoms with Crippen LogP contribution in [0.25, 0.3) is 29.4 Å². The molecule has 0 amide bonds. The van der Waals surface area contributed by atoms with E-state index in [0.717, 1.165) is 38.9 Å². The maximum atomic E-state index is 5.92. The molecular formula is C37H46O4. The summed E-state index contributed by atoms with van der Waals surface area (Å²) in [4.78, 5) is 0. The number of hydrogen-bond donors (Lipinski definition) is 0. The molecule has 0 heterocycles. The Labute approximate surface area is 247 Å². The molecule has 0 fully saturated rings. The Hall–Kier alpha value is -3.02. The van der Waals surface area contributed by atoms with E-state index in [2.05, 4.69) is 98.8 Å². The van der Waals surface area contributed by atoms with E-state index in [0.29, 0.717) is 26.4 Å². The fourth-order valence-electron chi connectivity index (χ4n) is 5.90. The van der Waals surface area contributed by atoms with E-state index in [4.69, 9.17) is 18.9 Å². The molecule has 3 aromatic rings. The van der Waals surface area contributed by atoms with E-state index < -0.39 is 0 Å². The Morgan fingerprint density at radius 2 is 1.07 bits per heavy atom. The summed E-state index contributed by atoms with van der Waals surface area (Å²) in [5, 5.41) is 0. The molecule has 0 saturated carbocycles. The standard InChI is InChI=1S/C37H46O4/c1-5-8-31-15-17-33-34-18-16-32(14-13-30-11-9-29(2)10-12-30)28-36(34)37(35(33)27-31,19-6-21-40-25-23-38-3)20-7-22-41-26-24-39-4/h5,8-18,27-28H,6-7,19-26H2,1-4H3/b8-5+,14-13+. The molecule has 4 heteroatoms. The highest BCUT2D eigenvalue weighted by atomic mass is 16.5. The van der Waals surface area contributed by atoms with E-state index in [1.54, 1.807) is 14.2 Å². The topological polar surface area (TPSA) is 36.9 Å². The molecular weight excluding hydrogens is 508 g/mol. The van der Waals surface area contributed by atoms with Crippen molar-refractivity contribution in [3.8, 4) is 11.1 Å². The highest BCUT2D eigenvalue weighted by molar-refractivity contribution is 5.84. The largest absolute Gasteiger partial charge is 0.382 e. The quantitative estimate of drug-likeness (QED) is 0.124. The third kappa shape index (κ3) is 8.05. The maximum Gasteiger partial charge on any atom is 0.0700 e. The molecule has 1 aliphatic carbocycles. The lowest BCUT2D eigenvalue weighted by Gasteiger charge is -2.33. The summed E-state index contributed by atoms with van der Waals surface area (Å²) in [5.74, 6) is 0. The molecule has 0 bridgehead atoms. The SMILES string of the molecule is C/C=C/c1ccc2c(c1)C(CCCOCCOC)(CCCOCCOC)c1cc(/C=C/c3ccc(C)cc3)ccc1-2. The average Bonchev–Trinajstić information content (AvgIpc) is 3.25. The van der Waals surface area contributed by atoms with Gasteiger partial charge in [0.15, 0.2) is 0 Å². The van der Waals surface area contributed by atoms with Gasteiger partial charge in [-0.3, -0.25) is 0 Å². The molecule has 0 saturated heterocycles. The summed E-state index contributed by atoms with van der Waals surface area (Å²) in [6.45, 7) is 8.16. The minimum atomic E-state index is -0.106. The Balaban J connectivity index is 1.70. The van der Waals surface area contributed by atoms with Gasteiger partial charge in [-0.1, -0.05) is 90.5 Å². The molecule has 0 spiro atoms. The lowest BCUT2D eigenvalue weighted by molar-refractivity contribution is 0.0629. The zero-order chi connectivity index (χ0) is 28.9. The number of methoxy groups -OCH3 is 2. The summed E-state index contributed by atoms with van der Waals surface area (Å²) < 4.78 is 22.2. The second-order valence-corrected chi connectivity index (χ2v) is 10.9. The molecule has 0 unspecified atom stereocenters. The first-order valence-corrected chi connectivity index (χ1v) is 14.9. The van der Waals surface area contributed by atoms with Crippen molar-refractivity contribution in [1.82, 2.24) is 0 Å². The normalized spacial score (nSPS) is 13.8. The Morgan fingerprint density at radius 3 is 1.59 bits per heavy atom. The molecule has 0 aromatic heterocycles. The summed E-state index contributed by atoms with van der Waals surface area (Å²) in [6, 6.07) is 22.6. The van der Waals surface area contributed by atoms with Crippen LogP contribution in [-0.4, -0.2) is 53.9 Å². The number of allylic oxidation sites excluding steroid dienone is 1. The lowest BCUT2D eigenvalue weighted by Crippen LogP contribution is -2.27. The first-order valence-electron chi connectivity index (χ1n) is 14.9. The van der Waals surface area contributed by atoms with Crippen LogP contribution < -0.4 is 0 Å². The fraction of sp³-hybridized carbons (Fsp3) is 0.405. The van der Waals surface area contributed by atoms with Crippen molar-refractivity contribution in [3.05, 3.63) is 100 Å². The second-order valence-electron chi connectivity index (χ2n) is 10.9. The minimum absolute atomic E-state index is 0.106. The van der Waals surface area contributed by atoms with Crippen molar-refractivity contribution in [2.24, 2.45) is 0 Å². The summed E-state index contributed by atoms with van der Waals surface area (Å²) in [6.07, 6.45) is 12.8. The van der Waals surface area contributed by atoms with E-state index >= 15 is 0 Å². The van der Waals surface area contributed by atoms with Crippen LogP contribution in [0.5, 0.6) is 0 Å². The molecule has 0 aliphatic heterocycles. The summed E-state index contributed by atoms with van der Waals surface area (Å²) >= 11 is 0. The number of aryl methyl sites for hydroxylation is 1. The Morgan fingerprint density at radius 1 is 0.585 bits per heavy atom. The molecule has 0 radical (unpaired) electrons. The molecule has 4 rings (SSSR count). The van der Waals surface area contributed by atoms with Gasteiger partial charge in [-0.2, -0.15) is 0 Å². The molecule has 41 heavy (non-hydrogen) atoms. The van der Waals surface area contributed by atoms with Crippen LogP contribution in [0.2, 0.25) is 0 Å². The Bertz CT molecular complexity index is 1270. The summed E-state index contributed by atoms with van der Waals surface area (Å²) in [5.41, 5.74) is 10.4. The van der Waals surface area contributed by atoms with Gasteiger partial charge in [-0.25, -0.2) is 0 Å². The second kappa shape index (κ2) is 15.8. The van der Waals surface area contributed by atoms with E-state index in [1.165, 1.54) is 44.5 Å². The number of hydrogen-bond acceptors (Lipinski definition) is 4. The predicted octanol–water partition coefficient (Wildman–Crippen LogP) is 8.35. The zero-order valence-electron chi connectivity index (χ0n) is 25.3. The molecule has 0 atom stereocenters. The van der Waals surface area contributed by atoms with Gasteiger partial charge in [0.2, 0.25) is 0 Å². The van der Waals surface area contributed by atoms with Crippen LogP contribution in [0, 0.1) is 6.92 Å². The van der Waals surface area contributed by atoms with E-state index in [9.17, 15) is 0 Å². The average molecular weight is 555 g/mol. The fourth-order valence-corrected chi connectivity index (χ4v) is 5.90. The van der Waals surface area contributed by atoms with Crippen LogP contribution in [-0.2, 0) is 24.4 Å². The van der Waals surface area contributed by atoms with Gasteiger partial charge < -0.3 is 18.9 Å².